The molecule has 0 spiro atoms. The van der Waals surface area contributed by atoms with Crippen molar-refractivity contribution in [3.63, 3.8) is 0 Å². The minimum Gasteiger partial charge on any atom is -0.379 e. The summed E-state index contributed by atoms with van der Waals surface area (Å²) < 4.78 is 10.2. The van der Waals surface area contributed by atoms with Crippen LogP contribution in [0.2, 0.25) is 0 Å². The van der Waals surface area contributed by atoms with Gasteiger partial charge in [-0.15, -0.1) is 0 Å². The van der Waals surface area contributed by atoms with E-state index in [1.54, 1.807) is 6.92 Å². The molecule has 2 N–H and O–H groups in total. The van der Waals surface area contributed by atoms with Gasteiger partial charge in [0.2, 0.25) is 5.89 Å². The van der Waals surface area contributed by atoms with Gasteiger partial charge in [0.25, 0.3) is 0 Å². The number of aromatic nitrogens is 2. The standard InChI is InChI=1S/C7H11N3O2/c1-4-9-7(12-10-4)5-2-11-3-6(5)8/h5-6H,2-3,8H2,1H3. The van der Waals surface area contributed by atoms with Gasteiger partial charge in [0.15, 0.2) is 5.82 Å². The Hall–Kier alpha value is -0.940. The minimum absolute atomic E-state index is 0.00940. The van der Waals surface area contributed by atoms with Gasteiger partial charge in [0.1, 0.15) is 0 Å². The number of hydrogen-bond donors (Lipinski definition) is 1. The molecule has 5 nitrogen and oxygen atoms in total. The summed E-state index contributed by atoms with van der Waals surface area (Å²) >= 11 is 0. The Morgan fingerprint density at radius 2 is 2.33 bits per heavy atom. The average molecular weight is 169 g/mol. The summed E-state index contributed by atoms with van der Waals surface area (Å²) in [5.41, 5.74) is 5.77. The number of aryl methyl sites for hydroxylation is 1. The second-order valence-electron chi connectivity index (χ2n) is 2.99. The Bertz CT molecular complexity index is 273. The molecule has 2 rings (SSSR count). The smallest absolute Gasteiger partial charge is 0.233 e. The maximum absolute atomic E-state index is 5.77. The van der Waals surface area contributed by atoms with E-state index in [4.69, 9.17) is 15.0 Å². The first kappa shape index (κ1) is 7.70. The van der Waals surface area contributed by atoms with Gasteiger partial charge in [0, 0.05) is 6.04 Å². The molecule has 12 heavy (non-hydrogen) atoms. The number of nitrogens with zero attached hydrogens (tertiary/aromatic N) is 2. The molecule has 66 valence electrons. The van der Waals surface area contributed by atoms with Crippen molar-refractivity contribution in [3.8, 4) is 0 Å². The highest BCUT2D eigenvalue weighted by Crippen LogP contribution is 2.22. The molecular formula is C7H11N3O2. The van der Waals surface area contributed by atoms with E-state index in [-0.39, 0.29) is 12.0 Å². The van der Waals surface area contributed by atoms with Gasteiger partial charge in [-0.1, -0.05) is 5.16 Å². The van der Waals surface area contributed by atoms with E-state index in [0.29, 0.717) is 24.9 Å². The molecule has 0 aromatic carbocycles. The summed E-state index contributed by atoms with van der Waals surface area (Å²) in [5.74, 6) is 1.31. The summed E-state index contributed by atoms with van der Waals surface area (Å²) in [5, 5.41) is 3.70. The van der Waals surface area contributed by atoms with Crippen LogP contribution in [0, 0.1) is 6.92 Å². The zero-order valence-corrected chi connectivity index (χ0v) is 6.86. The quantitative estimate of drug-likeness (QED) is 0.631. The van der Waals surface area contributed by atoms with E-state index in [0.717, 1.165) is 0 Å². The lowest BCUT2D eigenvalue weighted by atomic mass is 10.1. The molecular weight excluding hydrogens is 158 g/mol. The van der Waals surface area contributed by atoms with Crippen LogP contribution in [-0.2, 0) is 4.74 Å². The van der Waals surface area contributed by atoms with Crippen LogP contribution in [0.5, 0.6) is 0 Å². The van der Waals surface area contributed by atoms with Crippen LogP contribution in [0.1, 0.15) is 17.6 Å². The molecule has 5 heteroatoms. The van der Waals surface area contributed by atoms with Gasteiger partial charge in [-0.2, -0.15) is 4.98 Å². The predicted octanol–water partition coefficient (Wildman–Crippen LogP) is -0.181. The van der Waals surface area contributed by atoms with Gasteiger partial charge in [-0.3, -0.25) is 0 Å². The molecule has 0 aliphatic carbocycles. The Morgan fingerprint density at radius 3 is 2.83 bits per heavy atom. The molecule has 1 aromatic heterocycles. The van der Waals surface area contributed by atoms with Gasteiger partial charge >= 0.3 is 0 Å². The van der Waals surface area contributed by atoms with E-state index in [1.807, 2.05) is 0 Å². The Labute approximate surface area is 69.9 Å². The third-order valence-corrected chi connectivity index (χ3v) is 1.99. The number of hydrogen-bond acceptors (Lipinski definition) is 5. The van der Waals surface area contributed by atoms with Crippen LogP contribution in [0.3, 0.4) is 0 Å². The lowest BCUT2D eigenvalue weighted by Crippen LogP contribution is -2.26. The maximum Gasteiger partial charge on any atom is 0.233 e. The molecule has 1 saturated heterocycles. The van der Waals surface area contributed by atoms with Crippen molar-refractivity contribution in [2.24, 2.45) is 5.73 Å². The van der Waals surface area contributed by atoms with Crippen LogP contribution >= 0.6 is 0 Å². The van der Waals surface area contributed by atoms with E-state index in [9.17, 15) is 0 Å². The maximum atomic E-state index is 5.77. The summed E-state index contributed by atoms with van der Waals surface area (Å²) in [4.78, 5) is 4.11. The monoisotopic (exact) mass is 169 g/mol. The van der Waals surface area contributed by atoms with Crippen molar-refractivity contribution in [3.05, 3.63) is 11.7 Å². The molecule has 1 aromatic rings. The summed E-state index contributed by atoms with van der Waals surface area (Å²) in [6.07, 6.45) is 0. The van der Waals surface area contributed by atoms with Crippen LogP contribution in [0.15, 0.2) is 4.52 Å². The molecule has 0 saturated carbocycles. The number of ether oxygens (including phenoxy) is 1. The normalized spacial score (nSPS) is 29.5. The Kier molecular flexibility index (Phi) is 1.82. The molecule has 2 atom stereocenters. The van der Waals surface area contributed by atoms with Crippen molar-refractivity contribution in [2.75, 3.05) is 13.2 Å². The van der Waals surface area contributed by atoms with Crippen LogP contribution in [0.4, 0.5) is 0 Å². The van der Waals surface area contributed by atoms with E-state index < -0.39 is 0 Å². The first-order chi connectivity index (χ1) is 5.77. The molecule has 1 aliphatic rings. The summed E-state index contributed by atoms with van der Waals surface area (Å²) in [7, 11) is 0. The second-order valence-corrected chi connectivity index (χ2v) is 2.99. The van der Waals surface area contributed by atoms with Crippen LogP contribution in [0.25, 0.3) is 0 Å². The first-order valence-corrected chi connectivity index (χ1v) is 3.91. The number of rotatable bonds is 1. The number of nitrogens with two attached hydrogens (primary N) is 1. The first-order valence-electron chi connectivity index (χ1n) is 3.91. The van der Waals surface area contributed by atoms with Gasteiger partial charge < -0.3 is 15.0 Å². The van der Waals surface area contributed by atoms with E-state index in [2.05, 4.69) is 10.1 Å². The third-order valence-electron chi connectivity index (χ3n) is 1.99. The predicted molar refractivity (Wildman–Crippen MR) is 40.6 cm³/mol. The average Bonchev–Trinajstić information content (AvgIpc) is 2.58. The summed E-state index contributed by atoms with van der Waals surface area (Å²) in [6.45, 7) is 2.95. The van der Waals surface area contributed by atoms with Crippen molar-refractivity contribution in [1.29, 1.82) is 0 Å². The highest BCUT2D eigenvalue weighted by molar-refractivity contribution is 5.00. The van der Waals surface area contributed by atoms with Crippen molar-refractivity contribution < 1.29 is 9.26 Å². The zero-order chi connectivity index (χ0) is 8.55. The van der Waals surface area contributed by atoms with Crippen molar-refractivity contribution in [1.82, 2.24) is 10.1 Å². The van der Waals surface area contributed by atoms with Crippen LogP contribution < -0.4 is 5.73 Å². The molecule has 0 radical (unpaired) electrons. The SMILES string of the molecule is Cc1noc(C2COCC2N)n1. The van der Waals surface area contributed by atoms with Gasteiger partial charge in [-0.25, -0.2) is 0 Å². The Balaban J connectivity index is 2.19. The lowest BCUT2D eigenvalue weighted by molar-refractivity contribution is 0.187. The lowest BCUT2D eigenvalue weighted by Gasteiger charge is -2.05. The fourth-order valence-corrected chi connectivity index (χ4v) is 1.29. The van der Waals surface area contributed by atoms with Crippen LogP contribution in [-0.4, -0.2) is 29.4 Å². The van der Waals surface area contributed by atoms with Crippen molar-refractivity contribution >= 4 is 0 Å². The minimum atomic E-state index is -0.00940. The van der Waals surface area contributed by atoms with Crippen molar-refractivity contribution in [2.45, 2.75) is 18.9 Å². The molecule has 2 heterocycles. The highest BCUT2D eigenvalue weighted by atomic mass is 16.5. The van der Waals surface area contributed by atoms with E-state index in [1.165, 1.54) is 0 Å². The highest BCUT2D eigenvalue weighted by Gasteiger charge is 2.30. The third kappa shape index (κ3) is 1.21. The van der Waals surface area contributed by atoms with Gasteiger partial charge in [-0.05, 0) is 6.92 Å². The fourth-order valence-electron chi connectivity index (χ4n) is 1.29. The van der Waals surface area contributed by atoms with Gasteiger partial charge in [0.05, 0.1) is 19.1 Å². The topological polar surface area (TPSA) is 74.2 Å². The largest absolute Gasteiger partial charge is 0.379 e. The fraction of sp³-hybridized carbons (Fsp3) is 0.714. The molecule has 2 unspecified atom stereocenters. The molecule has 1 aliphatic heterocycles. The second kappa shape index (κ2) is 2.84. The summed E-state index contributed by atoms with van der Waals surface area (Å²) in [6, 6.07) is -0.00940. The van der Waals surface area contributed by atoms with E-state index >= 15 is 0 Å². The zero-order valence-electron chi connectivity index (χ0n) is 6.86. The molecule has 0 amide bonds. The molecule has 0 bridgehead atoms. The Morgan fingerprint density at radius 1 is 1.50 bits per heavy atom. The molecule has 1 fully saturated rings.